The molecule has 0 radical (unpaired) electrons. The number of aromatic nitrogens is 2. The van der Waals surface area contributed by atoms with Gasteiger partial charge in [0.1, 0.15) is 0 Å². The molecule has 4 rings (SSSR count). The van der Waals surface area contributed by atoms with Crippen LogP contribution < -0.4 is 0 Å². The molecule has 1 aromatic carbocycles. The predicted molar refractivity (Wildman–Crippen MR) is 97.4 cm³/mol. The summed E-state index contributed by atoms with van der Waals surface area (Å²) in [5, 5.41) is 8.34. The van der Waals surface area contributed by atoms with Gasteiger partial charge in [0.25, 0.3) is 5.22 Å². The fraction of sp³-hybridized carbons (Fsp3) is 0.471. The number of carbonyl (C=O) groups is 1. The summed E-state index contributed by atoms with van der Waals surface area (Å²) in [5.41, 5.74) is 0.828. The fourth-order valence-electron chi connectivity index (χ4n) is 3.22. The molecule has 0 N–H and O–H groups in total. The second-order valence-electron chi connectivity index (χ2n) is 6.62. The van der Waals surface area contributed by atoms with Gasteiger partial charge in [-0.3, -0.25) is 4.79 Å². The molecular weight excluding hydrogens is 374 g/mol. The second-order valence-corrected chi connectivity index (χ2v) is 9.77. The van der Waals surface area contributed by atoms with E-state index in [0.717, 1.165) is 18.4 Å². The van der Waals surface area contributed by atoms with E-state index in [9.17, 15) is 13.2 Å². The van der Waals surface area contributed by atoms with Crippen molar-refractivity contribution in [2.24, 2.45) is 0 Å². The number of nitrogens with zero attached hydrogens (tertiary/aromatic N) is 3. The molecule has 7 nitrogen and oxygen atoms in total. The van der Waals surface area contributed by atoms with Gasteiger partial charge < -0.3 is 9.32 Å². The number of sulfone groups is 1. The summed E-state index contributed by atoms with van der Waals surface area (Å²) in [6.07, 6.45) is 2.44. The normalized spacial score (nSPS) is 21.6. The Morgan fingerprint density at radius 3 is 2.58 bits per heavy atom. The Labute approximate surface area is 156 Å². The third-order valence-corrected chi connectivity index (χ3v) is 7.13. The van der Waals surface area contributed by atoms with Crippen molar-refractivity contribution < 1.29 is 17.6 Å². The van der Waals surface area contributed by atoms with Crippen LogP contribution in [0.15, 0.2) is 40.0 Å². The molecule has 1 saturated heterocycles. The summed E-state index contributed by atoms with van der Waals surface area (Å²) in [5.74, 6) is 0.786. The highest BCUT2D eigenvalue weighted by atomic mass is 32.2. The maximum absolute atomic E-state index is 12.7. The van der Waals surface area contributed by atoms with E-state index in [2.05, 4.69) is 10.2 Å². The first kappa shape index (κ1) is 17.5. The first-order valence-electron chi connectivity index (χ1n) is 8.55. The topological polar surface area (TPSA) is 93.4 Å². The van der Waals surface area contributed by atoms with Crippen LogP contribution in [0.1, 0.15) is 19.3 Å². The molecule has 1 amide bonds. The van der Waals surface area contributed by atoms with E-state index in [1.807, 2.05) is 30.3 Å². The van der Waals surface area contributed by atoms with Crippen molar-refractivity contribution in [3.05, 3.63) is 30.3 Å². The molecule has 1 aliphatic heterocycles. The minimum absolute atomic E-state index is 0.0564. The minimum Gasteiger partial charge on any atom is -0.411 e. The van der Waals surface area contributed by atoms with Crippen LogP contribution in [0.4, 0.5) is 0 Å². The van der Waals surface area contributed by atoms with E-state index in [1.165, 1.54) is 11.8 Å². The lowest BCUT2D eigenvalue weighted by Gasteiger charge is -2.28. The Morgan fingerprint density at radius 2 is 1.92 bits per heavy atom. The zero-order chi connectivity index (χ0) is 18.1. The molecule has 2 aliphatic rings. The van der Waals surface area contributed by atoms with Gasteiger partial charge in [0.15, 0.2) is 9.84 Å². The minimum atomic E-state index is -3.02. The third kappa shape index (κ3) is 3.93. The summed E-state index contributed by atoms with van der Waals surface area (Å²) in [6.45, 7) is 0. The number of amides is 1. The fourth-order valence-corrected chi connectivity index (χ4v) is 5.56. The molecule has 26 heavy (non-hydrogen) atoms. The van der Waals surface area contributed by atoms with Crippen LogP contribution in [-0.4, -0.2) is 58.8 Å². The molecule has 2 fully saturated rings. The summed E-state index contributed by atoms with van der Waals surface area (Å²) in [4.78, 5) is 14.5. The van der Waals surface area contributed by atoms with Gasteiger partial charge in [-0.2, -0.15) is 0 Å². The first-order chi connectivity index (χ1) is 12.5. The van der Waals surface area contributed by atoms with Gasteiger partial charge in [-0.25, -0.2) is 8.42 Å². The van der Waals surface area contributed by atoms with Crippen molar-refractivity contribution in [2.75, 3.05) is 17.3 Å². The highest BCUT2D eigenvalue weighted by Crippen LogP contribution is 2.33. The number of hydrogen-bond donors (Lipinski definition) is 0. The Kier molecular flexibility index (Phi) is 4.74. The molecule has 1 aliphatic carbocycles. The summed E-state index contributed by atoms with van der Waals surface area (Å²) >= 11 is 1.20. The Morgan fingerprint density at radius 1 is 1.15 bits per heavy atom. The van der Waals surface area contributed by atoms with Crippen molar-refractivity contribution in [3.8, 4) is 11.5 Å². The van der Waals surface area contributed by atoms with Crippen LogP contribution in [0.2, 0.25) is 0 Å². The molecular formula is C17H19N3O4S2. The van der Waals surface area contributed by atoms with Crippen molar-refractivity contribution in [1.82, 2.24) is 15.1 Å². The van der Waals surface area contributed by atoms with Crippen LogP contribution >= 0.6 is 11.8 Å². The predicted octanol–water partition coefficient (Wildman–Crippen LogP) is 2.01. The Bertz CT molecular complexity index is 894. The van der Waals surface area contributed by atoms with Gasteiger partial charge >= 0.3 is 0 Å². The van der Waals surface area contributed by atoms with E-state index in [0.29, 0.717) is 17.5 Å². The van der Waals surface area contributed by atoms with E-state index in [-0.39, 0.29) is 35.2 Å². The summed E-state index contributed by atoms with van der Waals surface area (Å²) < 4.78 is 29.1. The summed E-state index contributed by atoms with van der Waals surface area (Å²) in [7, 11) is -3.02. The molecule has 138 valence electrons. The van der Waals surface area contributed by atoms with E-state index >= 15 is 0 Å². The van der Waals surface area contributed by atoms with E-state index < -0.39 is 9.84 Å². The number of rotatable bonds is 6. The third-order valence-electron chi connectivity index (χ3n) is 4.58. The van der Waals surface area contributed by atoms with Crippen LogP contribution in [-0.2, 0) is 14.6 Å². The molecule has 2 heterocycles. The lowest BCUT2D eigenvalue weighted by Crippen LogP contribution is -2.43. The van der Waals surface area contributed by atoms with Gasteiger partial charge in [0, 0.05) is 17.6 Å². The largest absolute Gasteiger partial charge is 0.411 e. The number of carbonyl (C=O) groups excluding carboxylic acids is 1. The smallest absolute Gasteiger partial charge is 0.277 e. The quantitative estimate of drug-likeness (QED) is 0.693. The molecule has 1 aromatic heterocycles. The van der Waals surface area contributed by atoms with Crippen LogP contribution in [0.3, 0.4) is 0 Å². The molecule has 0 unspecified atom stereocenters. The average Bonchev–Trinajstić information content (AvgIpc) is 3.22. The first-order valence-corrected chi connectivity index (χ1v) is 11.4. The highest BCUT2D eigenvalue weighted by molar-refractivity contribution is 7.99. The molecule has 0 bridgehead atoms. The van der Waals surface area contributed by atoms with Crippen molar-refractivity contribution >= 4 is 27.5 Å². The average molecular weight is 393 g/mol. The SMILES string of the molecule is O=C(CSc1nnc(-c2ccccc2)o1)N(C1CC1)[C@H]1CCS(=O)(=O)C1. The zero-order valence-electron chi connectivity index (χ0n) is 14.1. The van der Waals surface area contributed by atoms with Crippen LogP contribution in [0.25, 0.3) is 11.5 Å². The van der Waals surface area contributed by atoms with Crippen molar-refractivity contribution in [3.63, 3.8) is 0 Å². The van der Waals surface area contributed by atoms with Crippen LogP contribution in [0.5, 0.6) is 0 Å². The maximum atomic E-state index is 12.7. The van der Waals surface area contributed by atoms with Crippen LogP contribution in [0, 0.1) is 0 Å². The number of benzene rings is 1. The van der Waals surface area contributed by atoms with Crippen molar-refractivity contribution in [2.45, 2.75) is 36.6 Å². The monoisotopic (exact) mass is 393 g/mol. The molecule has 1 saturated carbocycles. The Hall–Kier alpha value is -1.87. The molecule has 0 spiro atoms. The lowest BCUT2D eigenvalue weighted by atomic mass is 10.2. The van der Waals surface area contributed by atoms with Gasteiger partial charge in [-0.05, 0) is 31.4 Å². The Balaban J connectivity index is 1.39. The van der Waals surface area contributed by atoms with Gasteiger partial charge in [0.05, 0.1) is 17.3 Å². The number of hydrogen-bond acceptors (Lipinski definition) is 7. The molecule has 9 heteroatoms. The van der Waals surface area contributed by atoms with Crippen molar-refractivity contribution in [1.29, 1.82) is 0 Å². The summed E-state index contributed by atoms with van der Waals surface area (Å²) in [6, 6.07) is 9.43. The highest BCUT2D eigenvalue weighted by Gasteiger charge is 2.42. The number of thioether (sulfide) groups is 1. The maximum Gasteiger partial charge on any atom is 0.277 e. The molecule has 2 aromatic rings. The second kappa shape index (κ2) is 7.03. The zero-order valence-corrected chi connectivity index (χ0v) is 15.7. The van der Waals surface area contributed by atoms with Gasteiger partial charge in [0.2, 0.25) is 11.8 Å². The van der Waals surface area contributed by atoms with Gasteiger partial charge in [-0.15, -0.1) is 10.2 Å². The van der Waals surface area contributed by atoms with Gasteiger partial charge in [-0.1, -0.05) is 30.0 Å². The van der Waals surface area contributed by atoms with E-state index in [1.54, 1.807) is 4.90 Å². The van der Waals surface area contributed by atoms with E-state index in [4.69, 9.17) is 4.42 Å². The lowest BCUT2D eigenvalue weighted by molar-refractivity contribution is -0.130. The standard InChI is InChI=1S/C17H19N3O4S2/c21-15(20(13-6-7-13)14-8-9-26(22,23)11-14)10-25-17-19-18-16(24-17)12-4-2-1-3-5-12/h1-5,13-14H,6-11H2/t14-/m0/s1. The molecule has 1 atom stereocenters.